The number of carbonyl (C=O) groups is 1. The van der Waals surface area contributed by atoms with Crippen molar-refractivity contribution in [2.75, 3.05) is 7.05 Å². The maximum Gasteiger partial charge on any atom is 0.278 e. The van der Waals surface area contributed by atoms with Gasteiger partial charge in [0.1, 0.15) is 12.1 Å². The Hall–Kier alpha value is -3.98. The lowest BCUT2D eigenvalue weighted by atomic mass is 10.1. The van der Waals surface area contributed by atoms with E-state index < -0.39 is 5.82 Å². The van der Waals surface area contributed by atoms with Gasteiger partial charge < -0.3 is 14.0 Å². The zero-order valence-electron chi connectivity index (χ0n) is 17.5. The first-order valence-electron chi connectivity index (χ1n) is 10.1. The number of hydrogen-bond donors (Lipinski definition) is 0. The van der Waals surface area contributed by atoms with Gasteiger partial charge in [0, 0.05) is 19.4 Å². The number of hydrogen-bond acceptors (Lipinski definition) is 5. The van der Waals surface area contributed by atoms with Crippen LogP contribution in [0.25, 0.3) is 28.0 Å². The van der Waals surface area contributed by atoms with E-state index in [1.807, 2.05) is 29.1 Å². The van der Waals surface area contributed by atoms with Gasteiger partial charge in [-0.1, -0.05) is 29.4 Å². The molecule has 1 amide bonds. The van der Waals surface area contributed by atoms with Gasteiger partial charge in [-0.25, -0.2) is 9.37 Å². The molecule has 8 nitrogen and oxygen atoms in total. The molecule has 0 unspecified atom stereocenters. The third-order valence-electron chi connectivity index (χ3n) is 5.65. The Labute approximate surface area is 193 Å². The summed E-state index contributed by atoms with van der Waals surface area (Å²) in [6, 6.07) is 12.2. The van der Waals surface area contributed by atoms with Gasteiger partial charge in [0.2, 0.25) is 0 Å². The van der Waals surface area contributed by atoms with Crippen molar-refractivity contribution in [1.82, 2.24) is 29.2 Å². The summed E-state index contributed by atoms with van der Waals surface area (Å²) in [7, 11) is 1.67. The van der Waals surface area contributed by atoms with Crippen LogP contribution in [0, 0.1) is 5.82 Å². The summed E-state index contributed by atoms with van der Waals surface area (Å²) in [5, 5.41) is 6.39. The maximum absolute atomic E-state index is 13.8. The predicted octanol–water partition coefficient (Wildman–Crippen LogP) is 4.07. The second kappa shape index (κ2) is 7.86. The molecule has 0 saturated carbocycles. The number of amides is 1. The Morgan fingerprint density at radius 3 is 2.64 bits per heavy atom. The Balaban J connectivity index is 0.00000228. The van der Waals surface area contributed by atoms with Gasteiger partial charge in [-0.05, 0) is 29.0 Å². The molecule has 6 rings (SSSR count). The molecule has 5 aromatic rings. The van der Waals surface area contributed by atoms with Gasteiger partial charge in [0.15, 0.2) is 11.5 Å². The molecule has 4 heterocycles. The van der Waals surface area contributed by atoms with Crippen molar-refractivity contribution >= 4 is 29.1 Å². The van der Waals surface area contributed by atoms with Crippen LogP contribution in [0.4, 0.5) is 4.39 Å². The normalized spacial score (nSPS) is 12.9. The number of fused-ring (bicyclic) bond motifs is 4. The highest BCUT2D eigenvalue weighted by Crippen LogP contribution is 2.30. The summed E-state index contributed by atoms with van der Waals surface area (Å²) in [6.45, 7) is 0.722. The van der Waals surface area contributed by atoms with Gasteiger partial charge in [-0.2, -0.15) is 4.98 Å². The molecule has 1 aliphatic rings. The number of aromatic nitrogens is 5. The minimum Gasteiger partial charge on any atom is -0.345 e. The number of carbonyl (C=O) groups excluding carboxylic acids is 1. The fourth-order valence-electron chi connectivity index (χ4n) is 4.11. The maximum atomic E-state index is 13.8. The average molecular weight is 465 g/mol. The highest BCUT2D eigenvalue weighted by atomic mass is 35.5. The van der Waals surface area contributed by atoms with E-state index in [0.717, 1.165) is 10.8 Å². The van der Waals surface area contributed by atoms with Crippen LogP contribution in [0.15, 0.2) is 65.7 Å². The molecule has 0 saturated heterocycles. The molecule has 166 valence electrons. The van der Waals surface area contributed by atoms with Gasteiger partial charge in [-0.15, -0.1) is 12.4 Å². The van der Waals surface area contributed by atoms with Crippen LogP contribution in [0.2, 0.25) is 0 Å². The molecule has 0 atom stereocenters. The SMILES string of the molecule is CN1Cc2c(-c3nc(Cn4cc5ccccc5c4)no3)ncn2-c2ccc(F)cc2C1=O.Cl. The quantitative estimate of drug-likeness (QED) is 0.402. The van der Waals surface area contributed by atoms with Crippen molar-refractivity contribution in [2.24, 2.45) is 0 Å². The minimum atomic E-state index is -0.464. The summed E-state index contributed by atoms with van der Waals surface area (Å²) in [5.41, 5.74) is 2.06. The molecule has 0 spiro atoms. The van der Waals surface area contributed by atoms with Gasteiger partial charge in [0.25, 0.3) is 11.8 Å². The van der Waals surface area contributed by atoms with Crippen LogP contribution >= 0.6 is 12.4 Å². The molecular formula is C23H18ClFN6O2. The lowest BCUT2D eigenvalue weighted by Gasteiger charge is -2.14. The molecule has 33 heavy (non-hydrogen) atoms. The highest BCUT2D eigenvalue weighted by molar-refractivity contribution is 5.98. The van der Waals surface area contributed by atoms with E-state index in [9.17, 15) is 9.18 Å². The topological polar surface area (TPSA) is 82.0 Å². The molecule has 2 aromatic carbocycles. The van der Waals surface area contributed by atoms with Crippen molar-refractivity contribution in [1.29, 1.82) is 0 Å². The second-order valence-electron chi connectivity index (χ2n) is 7.81. The number of rotatable bonds is 3. The number of imidazole rings is 1. The zero-order chi connectivity index (χ0) is 21.8. The lowest BCUT2D eigenvalue weighted by molar-refractivity contribution is 0.0787. The van der Waals surface area contributed by atoms with Crippen LogP contribution in [-0.4, -0.2) is 42.1 Å². The Morgan fingerprint density at radius 2 is 1.88 bits per heavy atom. The van der Waals surface area contributed by atoms with Crippen molar-refractivity contribution in [3.05, 3.63) is 84.1 Å². The monoisotopic (exact) mass is 464 g/mol. The largest absolute Gasteiger partial charge is 0.345 e. The predicted molar refractivity (Wildman–Crippen MR) is 121 cm³/mol. The summed E-state index contributed by atoms with van der Waals surface area (Å²) >= 11 is 0. The smallest absolute Gasteiger partial charge is 0.278 e. The van der Waals surface area contributed by atoms with Crippen molar-refractivity contribution in [3.63, 3.8) is 0 Å². The summed E-state index contributed by atoms with van der Waals surface area (Å²) in [6.07, 6.45) is 5.66. The molecule has 10 heteroatoms. The molecule has 0 radical (unpaired) electrons. The average Bonchev–Trinajstić information content (AvgIpc) is 3.50. The number of nitrogens with zero attached hydrogens (tertiary/aromatic N) is 6. The van der Waals surface area contributed by atoms with E-state index in [-0.39, 0.29) is 36.3 Å². The minimum absolute atomic E-state index is 0. The van der Waals surface area contributed by atoms with Crippen molar-refractivity contribution in [2.45, 2.75) is 13.1 Å². The lowest BCUT2D eigenvalue weighted by Crippen LogP contribution is -2.25. The fourth-order valence-corrected chi connectivity index (χ4v) is 4.11. The van der Waals surface area contributed by atoms with E-state index in [0.29, 0.717) is 29.4 Å². The van der Waals surface area contributed by atoms with E-state index in [1.54, 1.807) is 24.0 Å². The molecule has 0 bridgehead atoms. The third-order valence-corrected chi connectivity index (χ3v) is 5.65. The van der Waals surface area contributed by atoms with Crippen LogP contribution in [0.3, 0.4) is 0 Å². The first-order chi connectivity index (χ1) is 15.6. The van der Waals surface area contributed by atoms with E-state index >= 15 is 0 Å². The van der Waals surface area contributed by atoms with E-state index in [4.69, 9.17) is 4.52 Å². The zero-order valence-corrected chi connectivity index (χ0v) is 18.3. The highest BCUT2D eigenvalue weighted by Gasteiger charge is 2.28. The summed E-state index contributed by atoms with van der Waals surface area (Å²) < 4.78 is 23.1. The van der Waals surface area contributed by atoms with Crippen molar-refractivity contribution in [3.8, 4) is 17.3 Å². The van der Waals surface area contributed by atoms with Gasteiger partial charge >= 0.3 is 0 Å². The molecule has 0 N–H and O–H groups in total. The first-order valence-corrected chi connectivity index (χ1v) is 10.1. The standard InChI is InChI=1S/C23H17FN6O2.ClH/c1-28-11-19-21(25-13-30(19)18-7-6-16(24)8-17(18)23(28)31)22-26-20(27-32-22)12-29-9-14-4-2-3-5-15(14)10-29;/h2-10,13H,11-12H2,1H3;1H. The Kier molecular flexibility index (Phi) is 4.98. The second-order valence-corrected chi connectivity index (χ2v) is 7.81. The van der Waals surface area contributed by atoms with Gasteiger partial charge in [0.05, 0.1) is 30.0 Å². The van der Waals surface area contributed by atoms with E-state index in [1.165, 1.54) is 17.0 Å². The number of halogens is 2. The summed E-state index contributed by atoms with van der Waals surface area (Å²) in [4.78, 5) is 23.3. The number of benzene rings is 2. The van der Waals surface area contributed by atoms with Crippen LogP contribution < -0.4 is 0 Å². The van der Waals surface area contributed by atoms with Gasteiger partial charge in [-0.3, -0.25) is 9.36 Å². The molecule has 3 aromatic heterocycles. The van der Waals surface area contributed by atoms with Crippen LogP contribution in [-0.2, 0) is 13.1 Å². The van der Waals surface area contributed by atoms with Crippen LogP contribution in [0.5, 0.6) is 0 Å². The van der Waals surface area contributed by atoms with Crippen molar-refractivity contribution < 1.29 is 13.7 Å². The Bertz CT molecular complexity index is 1470. The summed E-state index contributed by atoms with van der Waals surface area (Å²) in [5.74, 6) is 0.0630. The first kappa shape index (κ1) is 20.9. The molecule has 0 aliphatic carbocycles. The molecule has 1 aliphatic heterocycles. The van der Waals surface area contributed by atoms with E-state index in [2.05, 4.69) is 27.3 Å². The fraction of sp³-hybridized carbons (Fsp3) is 0.130. The Morgan fingerprint density at radius 1 is 1.12 bits per heavy atom. The third kappa shape index (κ3) is 3.46. The molecule has 0 fully saturated rings. The molecular weight excluding hydrogens is 447 g/mol. The van der Waals surface area contributed by atoms with Crippen LogP contribution in [0.1, 0.15) is 21.9 Å².